The molecule has 1 amide bonds. The molecule has 0 radical (unpaired) electrons. The van der Waals surface area contributed by atoms with Crippen LogP contribution in [0.25, 0.3) is 11.0 Å². The summed E-state index contributed by atoms with van der Waals surface area (Å²) >= 11 is 6.54. The molecule has 4 aromatic rings. The van der Waals surface area contributed by atoms with Crippen molar-refractivity contribution in [2.24, 2.45) is 0 Å². The summed E-state index contributed by atoms with van der Waals surface area (Å²) in [5.41, 5.74) is 2.24. The maximum absolute atomic E-state index is 12.9. The predicted octanol–water partition coefficient (Wildman–Crippen LogP) is 5.90. The number of carbonyl (C=O) groups is 1. The van der Waals surface area contributed by atoms with Gasteiger partial charge in [0.2, 0.25) is 0 Å². The number of hydrogen-bond acceptors (Lipinski definition) is 6. The molecule has 4 rings (SSSR count). The number of aromatic nitrogens is 2. The van der Waals surface area contributed by atoms with Gasteiger partial charge in [-0.05, 0) is 41.1 Å². The standard InChI is InChI=1S/C19H14BrN3O2S2/c1-11-22-23-19(27-11)26-10-13-12-6-2-5-9-16(12)25-17(13)18(24)21-15-8-4-3-7-14(15)20/h2-9H,10H2,1H3,(H,21,24). The largest absolute Gasteiger partial charge is 0.451 e. The number of aryl methyl sites for hydroxylation is 1. The fraction of sp³-hybridized carbons (Fsp3) is 0.105. The van der Waals surface area contributed by atoms with Crippen molar-refractivity contribution in [1.82, 2.24) is 10.2 Å². The number of nitrogens with zero attached hydrogens (tertiary/aromatic N) is 2. The van der Waals surface area contributed by atoms with Crippen molar-refractivity contribution in [3.63, 3.8) is 0 Å². The summed E-state index contributed by atoms with van der Waals surface area (Å²) in [6.07, 6.45) is 0. The summed E-state index contributed by atoms with van der Waals surface area (Å²) in [4.78, 5) is 12.9. The smallest absolute Gasteiger partial charge is 0.291 e. The molecule has 0 saturated heterocycles. The fourth-order valence-electron chi connectivity index (χ4n) is 2.64. The summed E-state index contributed by atoms with van der Waals surface area (Å²) < 4.78 is 7.58. The summed E-state index contributed by atoms with van der Waals surface area (Å²) in [5.74, 6) is 0.618. The molecule has 0 aliphatic heterocycles. The topological polar surface area (TPSA) is 68.0 Å². The minimum atomic E-state index is -0.276. The number of fused-ring (bicyclic) bond motifs is 1. The van der Waals surface area contributed by atoms with E-state index in [0.29, 0.717) is 22.8 Å². The number of thioether (sulfide) groups is 1. The van der Waals surface area contributed by atoms with Crippen LogP contribution in [0.15, 0.2) is 61.8 Å². The molecule has 0 aliphatic rings. The van der Waals surface area contributed by atoms with Crippen LogP contribution >= 0.6 is 39.0 Å². The first kappa shape index (κ1) is 18.2. The number of carbonyl (C=O) groups excluding carboxylic acids is 1. The van der Waals surface area contributed by atoms with Gasteiger partial charge in [-0.15, -0.1) is 10.2 Å². The zero-order valence-corrected chi connectivity index (χ0v) is 17.5. The van der Waals surface area contributed by atoms with Crippen molar-refractivity contribution < 1.29 is 9.21 Å². The average molecular weight is 460 g/mol. The van der Waals surface area contributed by atoms with Crippen LogP contribution in [0.2, 0.25) is 0 Å². The van der Waals surface area contributed by atoms with Gasteiger partial charge in [0.25, 0.3) is 5.91 Å². The molecular formula is C19H14BrN3O2S2. The fourth-order valence-corrected chi connectivity index (χ4v) is 4.86. The van der Waals surface area contributed by atoms with E-state index in [2.05, 4.69) is 31.4 Å². The van der Waals surface area contributed by atoms with Crippen LogP contribution in [0, 0.1) is 6.92 Å². The second-order valence-electron chi connectivity index (χ2n) is 5.72. The second kappa shape index (κ2) is 7.84. The number of anilines is 1. The lowest BCUT2D eigenvalue weighted by molar-refractivity contribution is 0.0997. The van der Waals surface area contributed by atoms with Crippen LogP contribution in [-0.2, 0) is 5.75 Å². The molecule has 0 spiro atoms. The van der Waals surface area contributed by atoms with E-state index in [0.717, 1.165) is 24.8 Å². The van der Waals surface area contributed by atoms with Gasteiger partial charge in [0.15, 0.2) is 10.1 Å². The molecule has 0 aliphatic carbocycles. The van der Waals surface area contributed by atoms with Crippen molar-refractivity contribution in [2.45, 2.75) is 17.0 Å². The van der Waals surface area contributed by atoms with Crippen LogP contribution in [0.1, 0.15) is 21.1 Å². The zero-order valence-electron chi connectivity index (χ0n) is 14.2. The Morgan fingerprint density at radius 3 is 2.74 bits per heavy atom. The Morgan fingerprint density at radius 2 is 1.96 bits per heavy atom. The Morgan fingerprint density at radius 1 is 1.19 bits per heavy atom. The molecule has 0 atom stereocenters. The van der Waals surface area contributed by atoms with E-state index >= 15 is 0 Å². The van der Waals surface area contributed by atoms with Crippen LogP contribution in [0.3, 0.4) is 0 Å². The average Bonchev–Trinajstić information content (AvgIpc) is 3.25. The van der Waals surface area contributed by atoms with Crippen LogP contribution < -0.4 is 5.32 Å². The van der Waals surface area contributed by atoms with Crippen LogP contribution in [-0.4, -0.2) is 16.1 Å². The number of benzene rings is 2. The first-order valence-electron chi connectivity index (χ1n) is 8.11. The molecular weight excluding hydrogens is 446 g/mol. The van der Waals surface area contributed by atoms with Gasteiger partial charge in [0.1, 0.15) is 10.6 Å². The predicted molar refractivity (Wildman–Crippen MR) is 113 cm³/mol. The Balaban J connectivity index is 1.66. The van der Waals surface area contributed by atoms with Gasteiger partial charge >= 0.3 is 0 Å². The summed E-state index contributed by atoms with van der Waals surface area (Å²) in [6.45, 7) is 1.92. The highest BCUT2D eigenvalue weighted by molar-refractivity contribution is 9.10. The Kier molecular flexibility index (Phi) is 5.29. The van der Waals surface area contributed by atoms with E-state index in [9.17, 15) is 4.79 Å². The highest BCUT2D eigenvalue weighted by Gasteiger charge is 2.21. The van der Waals surface area contributed by atoms with Gasteiger partial charge in [0, 0.05) is 21.2 Å². The molecule has 1 N–H and O–H groups in total. The third-order valence-corrected chi connectivity index (χ3v) is 6.56. The van der Waals surface area contributed by atoms with Crippen molar-refractivity contribution in [3.05, 3.63) is 69.3 Å². The number of para-hydroxylation sites is 2. The Hall–Kier alpha value is -2.16. The highest BCUT2D eigenvalue weighted by atomic mass is 79.9. The highest BCUT2D eigenvalue weighted by Crippen LogP contribution is 2.33. The minimum absolute atomic E-state index is 0.276. The number of furan rings is 1. The first-order chi connectivity index (χ1) is 13.1. The van der Waals surface area contributed by atoms with E-state index in [1.54, 1.807) is 11.8 Å². The quantitative estimate of drug-likeness (QED) is 0.376. The first-order valence-corrected chi connectivity index (χ1v) is 10.7. The van der Waals surface area contributed by atoms with Crippen molar-refractivity contribution >= 4 is 61.6 Å². The number of rotatable bonds is 5. The van der Waals surface area contributed by atoms with Crippen LogP contribution in [0.5, 0.6) is 0 Å². The summed E-state index contributed by atoms with van der Waals surface area (Å²) in [7, 11) is 0. The molecule has 2 aromatic heterocycles. The van der Waals surface area contributed by atoms with Gasteiger partial charge in [0.05, 0.1) is 5.69 Å². The molecule has 0 saturated carbocycles. The summed E-state index contributed by atoms with van der Waals surface area (Å²) in [5, 5.41) is 13.0. The molecule has 5 nitrogen and oxygen atoms in total. The van der Waals surface area contributed by atoms with Gasteiger partial charge in [-0.3, -0.25) is 4.79 Å². The lowest BCUT2D eigenvalue weighted by Crippen LogP contribution is -2.13. The van der Waals surface area contributed by atoms with Crippen molar-refractivity contribution in [2.75, 3.05) is 5.32 Å². The Bertz CT molecular complexity index is 1120. The summed E-state index contributed by atoms with van der Waals surface area (Å²) in [6, 6.07) is 15.2. The SMILES string of the molecule is Cc1nnc(SCc2c(C(=O)Nc3ccccc3Br)oc3ccccc23)s1. The van der Waals surface area contributed by atoms with E-state index in [4.69, 9.17) is 4.42 Å². The molecule has 136 valence electrons. The molecule has 0 unspecified atom stereocenters. The molecule has 2 aromatic carbocycles. The Labute approximate surface area is 172 Å². The van der Waals surface area contributed by atoms with E-state index in [1.807, 2.05) is 55.5 Å². The number of halogens is 1. The maximum Gasteiger partial charge on any atom is 0.291 e. The lowest BCUT2D eigenvalue weighted by Gasteiger charge is -2.07. The van der Waals surface area contributed by atoms with Gasteiger partial charge in [-0.25, -0.2) is 0 Å². The normalized spacial score (nSPS) is 11.0. The lowest BCUT2D eigenvalue weighted by atomic mass is 10.1. The third kappa shape index (κ3) is 3.92. The minimum Gasteiger partial charge on any atom is -0.451 e. The van der Waals surface area contributed by atoms with Crippen LogP contribution in [0.4, 0.5) is 5.69 Å². The number of amides is 1. The maximum atomic E-state index is 12.9. The molecule has 8 heteroatoms. The number of hydrogen-bond donors (Lipinski definition) is 1. The molecule has 2 heterocycles. The monoisotopic (exact) mass is 459 g/mol. The number of nitrogens with one attached hydrogen (secondary N) is 1. The van der Waals surface area contributed by atoms with E-state index in [1.165, 1.54) is 11.3 Å². The molecule has 0 fully saturated rings. The van der Waals surface area contributed by atoms with Crippen molar-refractivity contribution in [3.8, 4) is 0 Å². The van der Waals surface area contributed by atoms with Gasteiger partial charge in [-0.2, -0.15) is 0 Å². The van der Waals surface area contributed by atoms with Gasteiger partial charge in [-0.1, -0.05) is 53.4 Å². The third-order valence-electron chi connectivity index (χ3n) is 3.87. The van der Waals surface area contributed by atoms with Crippen molar-refractivity contribution in [1.29, 1.82) is 0 Å². The zero-order chi connectivity index (χ0) is 18.8. The van der Waals surface area contributed by atoms with E-state index < -0.39 is 0 Å². The van der Waals surface area contributed by atoms with E-state index in [-0.39, 0.29) is 5.91 Å². The molecule has 0 bridgehead atoms. The van der Waals surface area contributed by atoms with Gasteiger partial charge < -0.3 is 9.73 Å². The second-order valence-corrected chi connectivity index (χ2v) is 8.97. The molecule has 27 heavy (non-hydrogen) atoms.